The molecule has 2 aliphatic carbocycles. The molecule has 1 N–H and O–H groups in total. The normalized spacial score (nSPS) is 20.9. The Kier molecular flexibility index (Phi) is 3.11. The third kappa shape index (κ3) is 2.08. The fraction of sp³-hybridized carbons (Fsp3) is 0.333. The van der Waals surface area contributed by atoms with Crippen molar-refractivity contribution >= 4 is 23.0 Å². The Balaban J connectivity index is 1.66. The minimum absolute atomic E-state index is 0.303. The number of fused-ring (bicyclic) bond motifs is 6. The van der Waals surface area contributed by atoms with Gasteiger partial charge in [0.25, 0.3) is 0 Å². The van der Waals surface area contributed by atoms with Gasteiger partial charge in [0.05, 0.1) is 11.6 Å². The first-order chi connectivity index (χ1) is 13.6. The van der Waals surface area contributed by atoms with Crippen LogP contribution in [0.15, 0.2) is 35.3 Å². The number of carboxylic acid groups (broad SMARTS) is 1. The molecule has 1 aromatic carbocycles. The molecule has 1 saturated carbocycles. The number of nitrogens with zero attached hydrogens (tertiary/aromatic N) is 4. The molecule has 6 nitrogen and oxygen atoms in total. The number of carbonyl (C=O) groups is 1. The first-order valence-electron chi connectivity index (χ1n) is 9.53. The van der Waals surface area contributed by atoms with Crippen molar-refractivity contribution in [1.29, 1.82) is 0 Å². The molecule has 2 aromatic heterocycles. The van der Waals surface area contributed by atoms with Crippen LogP contribution in [0.3, 0.4) is 0 Å². The summed E-state index contributed by atoms with van der Waals surface area (Å²) in [4.78, 5) is 18.0. The first kappa shape index (κ1) is 16.2. The summed E-state index contributed by atoms with van der Waals surface area (Å²) in [6, 6.07) is 10.2. The third-order valence-corrected chi connectivity index (χ3v) is 7.32. The van der Waals surface area contributed by atoms with Crippen molar-refractivity contribution in [2.75, 3.05) is 0 Å². The average Bonchev–Trinajstić information content (AvgIpc) is 3.04. The Morgan fingerprint density at radius 3 is 2.71 bits per heavy atom. The van der Waals surface area contributed by atoms with Crippen molar-refractivity contribution in [3.63, 3.8) is 0 Å². The number of hydrogen-bond donors (Lipinski definition) is 1. The van der Waals surface area contributed by atoms with E-state index >= 15 is 0 Å². The number of carboxylic acids is 1. The van der Waals surface area contributed by atoms with E-state index in [0.717, 1.165) is 56.8 Å². The van der Waals surface area contributed by atoms with E-state index in [1.165, 1.54) is 0 Å². The molecule has 0 radical (unpaired) electrons. The second-order valence-electron chi connectivity index (χ2n) is 7.89. The van der Waals surface area contributed by atoms with E-state index in [0.29, 0.717) is 12.8 Å². The molecular weight excluding hydrogens is 372 g/mol. The van der Waals surface area contributed by atoms with Crippen LogP contribution in [0.5, 0.6) is 0 Å². The van der Waals surface area contributed by atoms with Crippen molar-refractivity contribution in [2.45, 2.75) is 38.1 Å². The lowest BCUT2D eigenvalue weighted by atomic mass is 9.97. The maximum Gasteiger partial charge on any atom is 0.307 e. The highest BCUT2D eigenvalue weighted by atomic mass is 32.1. The van der Waals surface area contributed by atoms with Gasteiger partial charge in [0, 0.05) is 16.0 Å². The minimum Gasteiger partial charge on any atom is -0.481 e. The molecule has 3 aromatic rings. The Hall–Kier alpha value is -2.80. The topological polar surface area (TPSA) is 80.4 Å². The summed E-state index contributed by atoms with van der Waals surface area (Å²) in [5.41, 5.74) is 3.98. The van der Waals surface area contributed by atoms with Gasteiger partial charge in [0.2, 0.25) is 0 Å². The van der Waals surface area contributed by atoms with Crippen molar-refractivity contribution in [3.8, 4) is 5.00 Å². The van der Waals surface area contributed by atoms with Gasteiger partial charge < -0.3 is 5.11 Å². The van der Waals surface area contributed by atoms with Crippen LogP contribution in [0.2, 0.25) is 0 Å². The van der Waals surface area contributed by atoms with Gasteiger partial charge in [-0.1, -0.05) is 30.3 Å². The Morgan fingerprint density at radius 2 is 2.00 bits per heavy atom. The van der Waals surface area contributed by atoms with Crippen LogP contribution in [0, 0.1) is 12.8 Å². The van der Waals surface area contributed by atoms with Crippen molar-refractivity contribution in [2.24, 2.45) is 10.9 Å². The fourth-order valence-electron chi connectivity index (χ4n) is 4.48. The maximum atomic E-state index is 11.6. The molecule has 3 aliphatic rings. The predicted octanol–water partition coefficient (Wildman–Crippen LogP) is 3.28. The van der Waals surface area contributed by atoms with Crippen molar-refractivity contribution in [3.05, 3.63) is 63.5 Å². The van der Waals surface area contributed by atoms with Crippen molar-refractivity contribution < 1.29 is 9.90 Å². The first-order valence-corrected chi connectivity index (χ1v) is 10.3. The van der Waals surface area contributed by atoms with Crippen molar-refractivity contribution in [1.82, 2.24) is 14.8 Å². The minimum atomic E-state index is -0.719. The zero-order valence-electron chi connectivity index (χ0n) is 15.3. The molecule has 0 bridgehead atoms. The highest BCUT2D eigenvalue weighted by molar-refractivity contribution is 7.15. The summed E-state index contributed by atoms with van der Waals surface area (Å²) in [5, 5.41) is 19.5. The molecule has 1 atom stereocenters. The van der Waals surface area contributed by atoms with Gasteiger partial charge in [-0.2, -0.15) is 0 Å². The van der Waals surface area contributed by atoms with Crippen LogP contribution in [0.25, 0.3) is 5.00 Å². The Labute approximate surface area is 165 Å². The molecule has 1 fully saturated rings. The summed E-state index contributed by atoms with van der Waals surface area (Å²) in [6.45, 7) is 1.98. The third-order valence-electron chi connectivity index (χ3n) is 6.08. The number of hydrogen-bond acceptors (Lipinski definition) is 5. The lowest BCUT2D eigenvalue weighted by Crippen LogP contribution is -2.15. The highest BCUT2D eigenvalue weighted by Gasteiger charge is 2.52. The highest BCUT2D eigenvalue weighted by Crippen LogP contribution is 2.53. The van der Waals surface area contributed by atoms with Gasteiger partial charge in [-0.05, 0) is 38.2 Å². The van der Waals surface area contributed by atoms with E-state index < -0.39 is 5.97 Å². The van der Waals surface area contributed by atoms with Crippen LogP contribution in [0.4, 0.5) is 0 Å². The fourth-order valence-corrected chi connectivity index (χ4v) is 5.94. The van der Waals surface area contributed by atoms with Gasteiger partial charge in [-0.15, -0.1) is 21.5 Å². The van der Waals surface area contributed by atoms with Gasteiger partial charge >= 0.3 is 5.97 Å². The molecule has 0 saturated heterocycles. The number of aliphatic imine (C=N–C) groups is 1. The van der Waals surface area contributed by atoms with Crippen LogP contribution >= 0.6 is 11.3 Å². The van der Waals surface area contributed by atoms with E-state index in [1.54, 1.807) is 11.3 Å². The van der Waals surface area contributed by atoms with Gasteiger partial charge in [0.1, 0.15) is 16.4 Å². The molecular formula is C21H18N4O2S. The largest absolute Gasteiger partial charge is 0.481 e. The van der Waals surface area contributed by atoms with Gasteiger partial charge in [-0.25, -0.2) is 0 Å². The summed E-state index contributed by atoms with van der Waals surface area (Å²) in [6.07, 6.45) is 3.09. The SMILES string of the molecule is Cc1nnc2n1-c1sc3c(c1C(c1ccccc1)=NC21CC1)C[C@H](C(=O)O)C3. The number of rotatable bonds is 2. The quantitative estimate of drug-likeness (QED) is 0.728. The van der Waals surface area contributed by atoms with Crippen LogP contribution in [0.1, 0.15) is 46.1 Å². The molecule has 0 amide bonds. The molecule has 1 aliphatic heterocycles. The number of benzene rings is 1. The van der Waals surface area contributed by atoms with E-state index in [2.05, 4.69) is 26.9 Å². The molecule has 28 heavy (non-hydrogen) atoms. The van der Waals surface area contributed by atoms with E-state index in [-0.39, 0.29) is 11.5 Å². The van der Waals surface area contributed by atoms with E-state index in [1.807, 2.05) is 25.1 Å². The summed E-state index contributed by atoms with van der Waals surface area (Å²) in [7, 11) is 0. The lowest BCUT2D eigenvalue weighted by Gasteiger charge is -2.11. The maximum absolute atomic E-state index is 11.6. The van der Waals surface area contributed by atoms with Crippen LogP contribution in [-0.2, 0) is 23.2 Å². The zero-order valence-corrected chi connectivity index (χ0v) is 16.2. The average molecular weight is 390 g/mol. The predicted molar refractivity (Wildman–Crippen MR) is 105 cm³/mol. The summed E-state index contributed by atoms with van der Waals surface area (Å²) >= 11 is 1.69. The number of aliphatic carboxylic acids is 1. The van der Waals surface area contributed by atoms with Crippen LogP contribution < -0.4 is 0 Å². The van der Waals surface area contributed by atoms with Crippen LogP contribution in [-0.4, -0.2) is 31.6 Å². The molecule has 140 valence electrons. The summed E-state index contributed by atoms with van der Waals surface area (Å²) < 4.78 is 2.17. The Morgan fingerprint density at radius 1 is 1.21 bits per heavy atom. The number of aryl methyl sites for hydroxylation is 1. The monoisotopic (exact) mass is 390 g/mol. The molecule has 6 rings (SSSR count). The lowest BCUT2D eigenvalue weighted by molar-refractivity contribution is -0.141. The number of thiophene rings is 1. The molecule has 1 spiro atoms. The van der Waals surface area contributed by atoms with E-state index in [9.17, 15) is 9.90 Å². The summed E-state index contributed by atoms with van der Waals surface area (Å²) in [5.74, 6) is 0.723. The van der Waals surface area contributed by atoms with Gasteiger partial charge in [0.15, 0.2) is 5.82 Å². The second-order valence-corrected chi connectivity index (χ2v) is 8.98. The zero-order chi connectivity index (χ0) is 19.0. The molecule has 7 heteroatoms. The Bertz CT molecular complexity index is 1170. The smallest absolute Gasteiger partial charge is 0.307 e. The number of aromatic nitrogens is 3. The van der Waals surface area contributed by atoms with Gasteiger partial charge in [-0.3, -0.25) is 14.4 Å². The second kappa shape index (κ2) is 5.38. The molecule has 3 heterocycles. The molecule has 0 unspecified atom stereocenters. The van der Waals surface area contributed by atoms with E-state index in [4.69, 9.17) is 4.99 Å². The standard InChI is InChI=1S/C21H18N4O2S/c1-11-23-24-20-21(7-8-21)22-17(12-5-3-2-4-6-12)16-14-9-13(19(26)27)10-15(14)28-18(16)25(11)20/h2-6,13H,7-10H2,1H3,(H,26,27)/t13-/m0/s1.